The Kier molecular flexibility index (Phi) is 3.46. The lowest BCUT2D eigenvalue weighted by Crippen LogP contribution is -1.99. The number of hydrogen-bond acceptors (Lipinski definition) is 3. The lowest BCUT2D eigenvalue weighted by molar-refractivity contribution is 1.08. The summed E-state index contributed by atoms with van der Waals surface area (Å²) in [6.45, 7) is 4.75. The zero-order valence-electron chi connectivity index (χ0n) is 9.25. The highest BCUT2D eigenvalue weighted by Gasteiger charge is 2.02. The Morgan fingerprint density at radius 2 is 2.19 bits per heavy atom. The van der Waals surface area contributed by atoms with E-state index in [0.717, 1.165) is 28.0 Å². The topological polar surface area (TPSA) is 24.9 Å². The molecule has 0 saturated heterocycles. The van der Waals surface area contributed by atoms with Gasteiger partial charge in [-0.15, -0.1) is 11.3 Å². The first-order valence-corrected chi connectivity index (χ1v) is 6.32. The van der Waals surface area contributed by atoms with Crippen LogP contribution in [0.5, 0.6) is 0 Å². The predicted molar refractivity (Wildman–Crippen MR) is 70.4 cm³/mol. The maximum atomic E-state index is 6.12. The van der Waals surface area contributed by atoms with Gasteiger partial charge >= 0.3 is 0 Å². The van der Waals surface area contributed by atoms with Crippen molar-refractivity contribution in [3.8, 4) is 0 Å². The Balaban J connectivity index is 2.04. The molecular formula is C12H13ClN2S. The van der Waals surface area contributed by atoms with Crippen LogP contribution in [0.25, 0.3) is 0 Å². The fraction of sp³-hybridized carbons (Fsp3) is 0.250. The van der Waals surface area contributed by atoms with Crippen LogP contribution in [0.15, 0.2) is 23.6 Å². The third-order valence-electron chi connectivity index (χ3n) is 2.22. The van der Waals surface area contributed by atoms with Gasteiger partial charge in [0.15, 0.2) is 0 Å². The number of nitrogens with zero attached hydrogens (tertiary/aromatic N) is 1. The van der Waals surface area contributed by atoms with Crippen molar-refractivity contribution in [2.75, 3.05) is 5.32 Å². The zero-order valence-corrected chi connectivity index (χ0v) is 10.8. The molecule has 84 valence electrons. The van der Waals surface area contributed by atoms with Crippen LogP contribution in [0.1, 0.15) is 16.3 Å². The molecule has 1 heterocycles. The summed E-state index contributed by atoms with van der Waals surface area (Å²) in [6, 6.07) is 6.00. The summed E-state index contributed by atoms with van der Waals surface area (Å²) in [6.07, 6.45) is 0. The molecule has 1 aromatic heterocycles. The third kappa shape index (κ3) is 2.74. The maximum absolute atomic E-state index is 6.12. The molecule has 0 radical (unpaired) electrons. The van der Waals surface area contributed by atoms with Gasteiger partial charge in [0.1, 0.15) is 5.01 Å². The van der Waals surface area contributed by atoms with Gasteiger partial charge in [0, 0.05) is 11.1 Å². The Bertz CT molecular complexity index is 494. The van der Waals surface area contributed by atoms with E-state index in [2.05, 4.69) is 10.3 Å². The Morgan fingerprint density at radius 1 is 1.38 bits per heavy atom. The number of hydrogen-bond donors (Lipinski definition) is 1. The molecule has 0 aliphatic rings. The van der Waals surface area contributed by atoms with Crippen LogP contribution in [0.4, 0.5) is 5.69 Å². The number of aromatic nitrogens is 1. The molecule has 0 spiro atoms. The molecule has 0 aliphatic carbocycles. The number of rotatable bonds is 3. The second-order valence-corrected chi connectivity index (χ2v) is 5.07. The molecule has 0 aliphatic heterocycles. The number of aryl methyl sites for hydroxylation is 2. The molecule has 2 nitrogen and oxygen atoms in total. The van der Waals surface area contributed by atoms with Crippen LogP contribution < -0.4 is 5.32 Å². The fourth-order valence-electron chi connectivity index (χ4n) is 1.42. The average molecular weight is 253 g/mol. The van der Waals surface area contributed by atoms with E-state index in [1.807, 2.05) is 37.4 Å². The summed E-state index contributed by atoms with van der Waals surface area (Å²) >= 11 is 7.78. The standard InChI is InChI=1S/C12H13ClN2S/c1-8-3-4-11(10(13)5-8)14-6-12-15-9(2)7-16-12/h3-5,7,14H,6H2,1-2H3. The van der Waals surface area contributed by atoms with Crippen LogP contribution in [-0.4, -0.2) is 4.98 Å². The van der Waals surface area contributed by atoms with Crippen molar-refractivity contribution in [3.63, 3.8) is 0 Å². The zero-order chi connectivity index (χ0) is 11.5. The maximum Gasteiger partial charge on any atom is 0.112 e. The lowest BCUT2D eigenvalue weighted by atomic mass is 10.2. The van der Waals surface area contributed by atoms with Gasteiger partial charge in [-0.25, -0.2) is 4.98 Å². The van der Waals surface area contributed by atoms with Crippen molar-refractivity contribution < 1.29 is 0 Å². The van der Waals surface area contributed by atoms with Crippen LogP contribution in [0.3, 0.4) is 0 Å². The van der Waals surface area contributed by atoms with E-state index in [9.17, 15) is 0 Å². The monoisotopic (exact) mass is 252 g/mol. The van der Waals surface area contributed by atoms with E-state index in [4.69, 9.17) is 11.6 Å². The molecule has 0 bridgehead atoms. The van der Waals surface area contributed by atoms with Crippen LogP contribution >= 0.6 is 22.9 Å². The van der Waals surface area contributed by atoms with Gasteiger partial charge in [-0.1, -0.05) is 17.7 Å². The molecule has 16 heavy (non-hydrogen) atoms. The number of halogens is 1. The van der Waals surface area contributed by atoms with Crippen LogP contribution in [0, 0.1) is 13.8 Å². The van der Waals surface area contributed by atoms with E-state index in [-0.39, 0.29) is 0 Å². The summed E-state index contributed by atoms with van der Waals surface area (Å²) < 4.78 is 0. The van der Waals surface area contributed by atoms with Gasteiger partial charge in [-0.3, -0.25) is 0 Å². The van der Waals surface area contributed by atoms with Gasteiger partial charge in [0.05, 0.1) is 17.3 Å². The second kappa shape index (κ2) is 4.85. The summed E-state index contributed by atoms with van der Waals surface area (Å²) in [4.78, 5) is 4.39. The predicted octanol–water partition coefficient (Wildman–Crippen LogP) is 4.03. The highest BCUT2D eigenvalue weighted by molar-refractivity contribution is 7.09. The molecule has 0 unspecified atom stereocenters. The minimum absolute atomic E-state index is 0.723. The molecule has 2 aromatic rings. The smallest absolute Gasteiger partial charge is 0.112 e. The third-order valence-corrected chi connectivity index (χ3v) is 3.50. The Labute approximate surface area is 104 Å². The minimum atomic E-state index is 0.723. The quantitative estimate of drug-likeness (QED) is 0.892. The van der Waals surface area contributed by atoms with Gasteiger partial charge in [-0.2, -0.15) is 0 Å². The van der Waals surface area contributed by atoms with E-state index in [1.54, 1.807) is 11.3 Å². The largest absolute Gasteiger partial charge is 0.377 e. The first kappa shape index (κ1) is 11.4. The molecular weight excluding hydrogens is 240 g/mol. The second-order valence-electron chi connectivity index (χ2n) is 3.72. The van der Waals surface area contributed by atoms with Gasteiger partial charge < -0.3 is 5.32 Å². The molecule has 4 heteroatoms. The highest BCUT2D eigenvalue weighted by atomic mass is 35.5. The molecule has 0 atom stereocenters. The number of anilines is 1. The van der Waals surface area contributed by atoms with E-state index < -0.39 is 0 Å². The van der Waals surface area contributed by atoms with E-state index >= 15 is 0 Å². The van der Waals surface area contributed by atoms with E-state index in [0.29, 0.717) is 0 Å². The van der Waals surface area contributed by atoms with Crippen molar-refractivity contribution >= 4 is 28.6 Å². The van der Waals surface area contributed by atoms with Crippen molar-refractivity contribution in [2.45, 2.75) is 20.4 Å². The Morgan fingerprint density at radius 3 is 2.81 bits per heavy atom. The molecule has 0 amide bonds. The highest BCUT2D eigenvalue weighted by Crippen LogP contribution is 2.23. The Hall–Kier alpha value is -1.06. The van der Waals surface area contributed by atoms with Crippen LogP contribution in [0.2, 0.25) is 5.02 Å². The molecule has 0 saturated carbocycles. The molecule has 1 N–H and O–H groups in total. The van der Waals surface area contributed by atoms with Crippen molar-refractivity contribution in [1.82, 2.24) is 4.98 Å². The summed E-state index contributed by atoms with van der Waals surface area (Å²) in [5, 5.41) is 7.17. The number of thiazole rings is 1. The first-order chi connectivity index (χ1) is 7.65. The number of nitrogens with one attached hydrogen (secondary N) is 1. The number of benzene rings is 1. The van der Waals surface area contributed by atoms with Gasteiger partial charge in [-0.05, 0) is 31.5 Å². The SMILES string of the molecule is Cc1ccc(NCc2nc(C)cs2)c(Cl)c1. The van der Waals surface area contributed by atoms with Crippen molar-refractivity contribution in [1.29, 1.82) is 0 Å². The summed E-state index contributed by atoms with van der Waals surface area (Å²) in [5.41, 5.74) is 3.19. The fourth-order valence-corrected chi connectivity index (χ4v) is 2.43. The average Bonchev–Trinajstić information content (AvgIpc) is 2.63. The summed E-state index contributed by atoms with van der Waals surface area (Å²) in [7, 11) is 0. The lowest BCUT2D eigenvalue weighted by Gasteiger charge is -2.07. The minimum Gasteiger partial charge on any atom is -0.377 e. The van der Waals surface area contributed by atoms with Gasteiger partial charge in [0.25, 0.3) is 0 Å². The first-order valence-electron chi connectivity index (χ1n) is 5.06. The van der Waals surface area contributed by atoms with Crippen LogP contribution in [-0.2, 0) is 6.54 Å². The molecule has 2 rings (SSSR count). The van der Waals surface area contributed by atoms with Crippen molar-refractivity contribution in [3.05, 3.63) is 44.9 Å². The molecule has 1 aromatic carbocycles. The molecule has 0 fully saturated rings. The summed E-state index contributed by atoms with van der Waals surface area (Å²) in [5.74, 6) is 0. The van der Waals surface area contributed by atoms with Gasteiger partial charge in [0.2, 0.25) is 0 Å². The van der Waals surface area contributed by atoms with Crippen molar-refractivity contribution in [2.24, 2.45) is 0 Å². The normalized spacial score (nSPS) is 10.4. The van der Waals surface area contributed by atoms with E-state index in [1.165, 1.54) is 5.56 Å².